The lowest BCUT2D eigenvalue weighted by atomic mass is 10.3. The van der Waals surface area contributed by atoms with E-state index in [0.717, 1.165) is 33.2 Å². The first-order valence-electron chi connectivity index (χ1n) is 6.36. The summed E-state index contributed by atoms with van der Waals surface area (Å²) in [5.41, 5.74) is 3.68. The molecule has 3 aromatic heterocycles. The predicted molar refractivity (Wildman–Crippen MR) is 84.3 cm³/mol. The highest BCUT2D eigenvalue weighted by atomic mass is 32.1. The van der Waals surface area contributed by atoms with Crippen LogP contribution in [-0.2, 0) is 12.8 Å². The number of nitrogen functional groups attached to an aromatic ring is 1. The monoisotopic (exact) mass is 305 g/mol. The summed E-state index contributed by atoms with van der Waals surface area (Å²) < 4.78 is 0. The summed E-state index contributed by atoms with van der Waals surface area (Å²) in [5, 5.41) is 4.10. The first kappa shape index (κ1) is 13.4. The zero-order valence-electron chi connectivity index (χ0n) is 11.3. The summed E-state index contributed by atoms with van der Waals surface area (Å²) in [6, 6.07) is 2.10. The van der Waals surface area contributed by atoms with E-state index in [0.29, 0.717) is 12.2 Å². The number of fused-ring (bicyclic) bond motifs is 1. The van der Waals surface area contributed by atoms with E-state index in [1.54, 1.807) is 22.7 Å². The summed E-state index contributed by atoms with van der Waals surface area (Å²) in [6.07, 6.45) is 1.62. The second kappa shape index (κ2) is 5.43. The molecule has 0 aliphatic rings. The molecule has 0 aromatic carbocycles. The van der Waals surface area contributed by atoms with Crippen LogP contribution in [0.15, 0.2) is 11.4 Å². The molecule has 7 heteroatoms. The average Bonchev–Trinajstić information content (AvgIpc) is 3.03. The molecule has 0 aliphatic carbocycles. The number of hydrogen-bond acceptors (Lipinski definition) is 7. The molecular weight excluding hydrogens is 290 g/mol. The summed E-state index contributed by atoms with van der Waals surface area (Å²) in [7, 11) is 0. The van der Waals surface area contributed by atoms with Gasteiger partial charge in [0.25, 0.3) is 0 Å². The molecule has 20 heavy (non-hydrogen) atoms. The lowest BCUT2D eigenvalue weighted by molar-refractivity contribution is 0.960. The maximum atomic E-state index is 5.58. The van der Waals surface area contributed by atoms with Crippen molar-refractivity contribution in [1.82, 2.24) is 15.0 Å². The molecule has 3 heterocycles. The number of anilines is 1. The van der Waals surface area contributed by atoms with Crippen molar-refractivity contribution in [3.05, 3.63) is 32.8 Å². The Hall–Kier alpha value is -1.57. The standard InChI is InChI=1S/C13H15N5S2/c1-3-9-5-10-12(18-14)16-11(17-13(10)20-9)4-8-6-19-7(2)15-8/h5-6H,3-4,14H2,1-2H3,(H,16,17,18). The van der Waals surface area contributed by atoms with E-state index in [4.69, 9.17) is 5.84 Å². The fourth-order valence-electron chi connectivity index (χ4n) is 2.03. The number of hydrazine groups is 1. The first-order chi connectivity index (χ1) is 9.69. The van der Waals surface area contributed by atoms with Gasteiger partial charge in [0.05, 0.1) is 22.5 Å². The molecular formula is C13H15N5S2. The van der Waals surface area contributed by atoms with Crippen molar-refractivity contribution >= 4 is 38.7 Å². The molecule has 3 rings (SSSR count). The second-order valence-electron chi connectivity index (χ2n) is 4.45. The van der Waals surface area contributed by atoms with Gasteiger partial charge < -0.3 is 5.43 Å². The number of thiazole rings is 1. The summed E-state index contributed by atoms with van der Waals surface area (Å²) in [5.74, 6) is 7.02. The van der Waals surface area contributed by atoms with Crippen molar-refractivity contribution < 1.29 is 0 Å². The van der Waals surface area contributed by atoms with Crippen molar-refractivity contribution in [3.8, 4) is 0 Å². The minimum Gasteiger partial charge on any atom is -0.308 e. The third-order valence-corrected chi connectivity index (χ3v) is 4.98. The maximum Gasteiger partial charge on any atom is 0.152 e. The van der Waals surface area contributed by atoms with Gasteiger partial charge in [-0.2, -0.15) is 0 Å². The van der Waals surface area contributed by atoms with Crippen molar-refractivity contribution in [1.29, 1.82) is 0 Å². The van der Waals surface area contributed by atoms with Crippen LogP contribution in [0.4, 0.5) is 5.82 Å². The molecule has 0 saturated carbocycles. The Balaban J connectivity index is 2.02. The molecule has 0 radical (unpaired) electrons. The van der Waals surface area contributed by atoms with Crippen LogP contribution in [0.3, 0.4) is 0 Å². The van der Waals surface area contributed by atoms with Crippen molar-refractivity contribution in [2.24, 2.45) is 5.84 Å². The zero-order chi connectivity index (χ0) is 14.1. The van der Waals surface area contributed by atoms with Crippen molar-refractivity contribution in [2.75, 3.05) is 5.43 Å². The smallest absolute Gasteiger partial charge is 0.152 e. The molecule has 3 N–H and O–H groups in total. The molecule has 0 saturated heterocycles. The molecule has 5 nitrogen and oxygen atoms in total. The second-order valence-corrected chi connectivity index (χ2v) is 6.63. The third kappa shape index (κ3) is 2.52. The van der Waals surface area contributed by atoms with Gasteiger partial charge in [0.1, 0.15) is 10.7 Å². The van der Waals surface area contributed by atoms with Gasteiger partial charge in [-0.25, -0.2) is 20.8 Å². The maximum absolute atomic E-state index is 5.58. The highest BCUT2D eigenvalue weighted by Crippen LogP contribution is 2.29. The van der Waals surface area contributed by atoms with Crippen LogP contribution in [0, 0.1) is 6.92 Å². The van der Waals surface area contributed by atoms with E-state index in [1.807, 2.05) is 12.3 Å². The molecule has 0 atom stereocenters. The number of aromatic nitrogens is 3. The minimum absolute atomic E-state index is 0.633. The van der Waals surface area contributed by atoms with E-state index < -0.39 is 0 Å². The van der Waals surface area contributed by atoms with Crippen LogP contribution in [0.25, 0.3) is 10.2 Å². The number of nitrogens with two attached hydrogens (primary N) is 1. The lowest BCUT2D eigenvalue weighted by Gasteiger charge is -2.03. The van der Waals surface area contributed by atoms with E-state index in [1.165, 1.54) is 4.88 Å². The van der Waals surface area contributed by atoms with Gasteiger partial charge in [-0.15, -0.1) is 22.7 Å². The third-order valence-electron chi connectivity index (χ3n) is 2.98. The number of thiophene rings is 1. The van der Waals surface area contributed by atoms with Crippen LogP contribution in [0.2, 0.25) is 0 Å². The Morgan fingerprint density at radius 2 is 2.15 bits per heavy atom. The van der Waals surface area contributed by atoms with Crippen molar-refractivity contribution in [2.45, 2.75) is 26.7 Å². The number of aryl methyl sites for hydroxylation is 2. The van der Waals surface area contributed by atoms with Gasteiger partial charge >= 0.3 is 0 Å². The Bertz CT molecular complexity index is 746. The first-order valence-corrected chi connectivity index (χ1v) is 8.06. The Morgan fingerprint density at radius 1 is 1.30 bits per heavy atom. The molecule has 0 fully saturated rings. The molecule has 104 valence electrons. The number of nitrogens with zero attached hydrogens (tertiary/aromatic N) is 3. The number of nitrogens with one attached hydrogen (secondary N) is 1. The summed E-state index contributed by atoms with van der Waals surface area (Å²) >= 11 is 3.33. The molecule has 0 amide bonds. The van der Waals surface area contributed by atoms with Gasteiger partial charge in [0, 0.05) is 10.3 Å². The van der Waals surface area contributed by atoms with Gasteiger partial charge in [-0.05, 0) is 19.4 Å². The molecule has 0 bridgehead atoms. The molecule has 0 unspecified atom stereocenters. The summed E-state index contributed by atoms with van der Waals surface area (Å²) in [6.45, 7) is 4.13. The Kier molecular flexibility index (Phi) is 3.64. The van der Waals surface area contributed by atoms with Crippen LogP contribution >= 0.6 is 22.7 Å². The fraction of sp³-hybridized carbons (Fsp3) is 0.308. The van der Waals surface area contributed by atoms with Crippen LogP contribution in [-0.4, -0.2) is 15.0 Å². The quantitative estimate of drug-likeness (QED) is 0.572. The molecule has 3 aromatic rings. The van der Waals surface area contributed by atoms with E-state index >= 15 is 0 Å². The van der Waals surface area contributed by atoms with Gasteiger partial charge in [0.2, 0.25) is 0 Å². The van der Waals surface area contributed by atoms with E-state index in [9.17, 15) is 0 Å². The topological polar surface area (TPSA) is 76.7 Å². The lowest BCUT2D eigenvalue weighted by Crippen LogP contribution is -2.11. The van der Waals surface area contributed by atoms with Crippen LogP contribution < -0.4 is 11.3 Å². The Morgan fingerprint density at radius 3 is 2.80 bits per heavy atom. The predicted octanol–water partition coefficient (Wildman–Crippen LogP) is 2.90. The SMILES string of the molecule is CCc1cc2c(NN)nc(Cc3csc(C)n3)nc2s1. The van der Waals surface area contributed by atoms with Gasteiger partial charge in [-0.1, -0.05) is 6.92 Å². The average molecular weight is 305 g/mol. The van der Waals surface area contributed by atoms with Gasteiger partial charge in [0.15, 0.2) is 5.82 Å². The minimum atomic E-state index is 0.633. The van der Waals surface area contributed by atoms with Crippen LogP contribution in [0.1, 0.15) is 28.3 Å². The summed E-state index contributed by atoms with van der Waals surface area (Å²) in [4.78, 5) is 15.8. The zero-order valence-corrected chi connectivity index (χ0v) is 12.9. The Labute approximate surface area is 124 Å². The van der Waals surface area contributed by atoms with Crippen LogP contribution in [0.5, 0.6) is 0 Å². The number of hydrogen-bond donors (Lipinski definition) is 2. The largest absolute Gasteiger partial charge is 0.308 e. The van der Waals surface area contributed by atoms with Gasteiger partial charge in [-0.3, -0.25) is 0 Å². The normalized spacial score (nSPS) is 11.2. The highest BCUT2D eigenvalue weighted by Gasteiger charge is 2.12. The number of rotatable bonds is 4. The van der Waals surface area contributed by atoms with E-state index in [2.05, 4.69) is 33.4 Å². The highest BCUT2D eigenvalue weighted by molar-refractivity contribution is 7.18. The molecule has 0 spiro atoms. The molecule has 0 aliphatic heterocycles. The van der Waals surface area contributed by atoms with Crippen molar-refractivity contribution in [3.63, 3.8) is 0 Å². The van der Waals surface area contributed by atoms with E-state index in [-0.39, 0.29) is 0 Å². The fourth-order valence-corrected chi connectivity index (χ4v) is 3.63.